The minimum Gasteiger partial charge on any atom is -0.469 e. The first-order chi connectivity index (χ1) is 16.0. The zero-order chi connectivity index (χ0) is 22.7. The van der Waals surface area contributed by atoms with Crippen molar-refractivity contribution in [2.24, 2.45) is 0 Å². The maximum Gasteiger partial charge on any atom is 0.269 e. The van der Waals surface area contributed by atoms with E-state index in [1.807, 2.05) is 30.3 Å². The van der Waals surface area contributed by atoms with E-state index >= 15 is 0 Å². The summed E-state index contributed by atoms with van der Waals surface area (Å²) in [5, 5.41) is 14.6. The second kappa shape index (κ2) is 7.13. The number of nitrogens with one attached hydrogen (secondary N) is 1. The van der Waals surface area contributed by atoms with Crippen LogP contribution >= 0.6 is 0 Å². The topological polar surface area (TPSA) is 102 Å². The Morgan fingerprint density at radius 2 is 1.67 bits per heavy atom. The third-order valence-corrected chi connectivity index (χ3v) is 6.70. The highest BCUT2D eigenvalue weighted by Gasteiger charge is 2.45. The lowest BCUT2D eigenvalue weighted by Gasteiger charge is -2.35. The molecule has 3 aliphatic rings. The first kappa shape index (κ1) is 19.4. The molecule has 7 nitrogen and oxygen atoms in total. The Hall–Kier alpha value is -4.26. The van der Waals surface area contributed by atoms with Gasteiger partial charge in [-0.3, -0.25) is 19.7 Å². The van der Waals surface area contributed by atoms with Crippen LogP contribution in [0, 0.1) is 10.1 Å². The Morgan fingerprint density at radius 1 is 0.909 bits per heavy atom. The summed E-state index contributed by atoms with van der Waals surface area (Å²) in [6, 6.07) is 17.2. The van der Waals surface area contributed by atoms with Crippen molar-refractivity contribution in [1.29, 1.82) is 0 Å². The Labute approximate surface area is 188 Å². The van der Waals surface area contributed by atoms with Crippen molar-refractivity contribution >= 4 is 23.0 Å². The van der Waals surface area contributed by atoms with Gasteiger partial charge in [0.25, 0.3) is 5.69 Å². The molecule has 1 N–H and O–H groups in total. The number of hydrogen-bond acceptors (Lipinski definition) is 6. The number of dihydropyridines is 1. The van der Waals surface area contributed by atoms with Crippen molar-refractivity contribution in [3.8, 4) is 0 Å². The van der Waals surface area contributed by atoms with Gasteiger partial charge in [0.2, 0.25) is 0 Å². The third kappa shape index (κ3) is 2.89. The molecule has 1 aliphatic heterocycles. The van der Waals surface area contributed by atoms with E-state index in [-0.39, 0.29) is 29.6 Å². The van der Waals surface area contributed by atoms with E-state index in [2.05, 4.69) is 5.32 Å². The third-order valence-electron chi connectivity index (χ3n) is 6.70. The molecule has 6 rings (SSSR count). The van der Waals surface area contributed by atoms with Gasteiger partial charge in [0.1, 0.15) is 5.76 Å². The van der Waals surface area contributed by atoms with Gasteiger partial charge in [-0.15, -0.1) is 0 Å². The normalized spacial score (nSPS) is 21.5. The number of hydrogen-bond donors (Lipinski definition) is 1. The van der Waals surface area contributed by atoms with Crippen molar-refractivity contribution in [3.05, 3.63) is 116 Å². The standard InChI is InChI=1S/C26H18N2O5/c29-20-13-15(21-6-3-11-33-21)12-19-23(20)22(14-7-9-16(10-8-14)28(31)32)24-25(27-19)17-4-1-2-5-18(17)26(24)30/h1-11,15,22,27H,12-13H2. The maximum atomic E-state index is 13.5. The quantitative estimate of drug-likeness (QED) is 0.462. The highest BCUT2D eigenvalue weighted by molar-refractivity contribution is 6.23. The van der Waals surface area contributed by atoms with Crippen molar-refractivity contribution in [3.63, 3.8) is 0 Å². The Bertz CT molecular complexity index is 1400. The Balaban J connectivity index is 1.52. The lowest BCUT2D eigenvalue weighted by Crippen LogP contribution is -2.33. The molecule has 2 atom stereocenters. The van der Waals surface area contributed by atoms with E-state index < -0.39 is 10.8 Å². The number of nitro groups is 1. The summed E-state index contributed by atoms with van der Waals surface area (Å²) in [4.78, 5) is 37.6. The lowest BCUT2D eigenvalue weighted by molar-refractivity contribution is -0.384. The minimum atomic E-state index is -0.581. The molecular weight excluding hydrogens is 420 g/mol. The number of allylic oxidation sites excluding steroid dienone is 3. The minimum absolute atomic E-state index is 0.0371. The first-order valence-corrected chi connectivity index (χ1v) is 10.7. The van der Waals surface area contributed by atoms with Crippen LogP contribution in [0.2, 0.25) is 0 Å². The number of nitrogens with zero attached hydrogens (tertiary/aromatic N) is 1. The van der Waals surface area contributed by atoms with Gasteiger partial charge in [0.15, 0.2) is 11.6 Å². The molecule has 0 saturated carbocycles. The van der Waals surface area contributed by atoms with E-state index in [1.165, 1.54) is 12.1 Å². The van der Waals surface area contributed by atoms with E-state index in [0.29, 0.717) is 34.4 Å². The van der Waals surface area contributed by atoms with Crippen LogP contribution < -0.4 is 5.32 Å². The summed E-state index contributed by atoms with van der Waals surface area (Å²) in [5.41, 5.74) is 4.63. The number of ketones is 2. The van der Waals surface area contributed by atoms with Crippen LogP contribution in [0.4, 0.5) is 5.69 Å². The second-order valence-electron chi connectivity index (χ2n) is 8.51. The largest absolute Gasteiger partial charge is 0.469 e. The predicted octanol–water partition coefficient (Wildman–Crippen LogP) is 4.88. The summed E-state index contributed by atoms with van der Waals surface area (Å²) < 4.78 is 5.58. The molecule has 2 aromatic carbocycles. The number of nitro benzene ring substituents is 1. The van der Waals surface area contributed by atoms with Gasteiger partial charge >= 0.3 is 0 Å². The molecule has 2 unspecified atom stereocenters. The number of fused-ring (bicyclic) bond motifs is 2. The molecule has 0 amide bonds. The molecular formula is C26H18N2O5. The fourth-order valence-electron chi connectivity index (χ4n) is 5.24. The molecule has 3 aromatic rings. The van der Waals surface area contributed by atoms with E-state index in [9.17, 15) is 19.7 Å². The highest BCUT2D eigenvalue weighted by Crippen LogP contribution is 2.50. The monoisotopic (exact) mass is 438 g/mol. The fourth-order valence-corrected chi connectivity index (χ4v) is 5.24. The van der Waals surface area contributed by atoms with Crippen LogP contribution in [0.1, 0.15) is 51.9 Å². The van der Waals surface area contributed by atoms with Crippen molar-refractivity contribution in [2.45, 2.75) is 24.7 Å². The average molecular weight is 438 g/mol. The van der Waals surface area contributed by atoms with E-state index in [4.69, 9.17) is 4.42 Å². The molecule has 0 saturated heterocycles. The summed E-state index contributed by atoms with van der Waals surface area (Å²) in [6.07, 6.45) is 2.46. The summed E-state index contributed by atoms with van der Waals surface area (Å²) in [7, 11) is 0. The van der Waals surface area contributed by atoms with Crippen LogP contribution in [-0.2, 0) is 4.79 Å². The molecule has 33 heavy (non-hydrogen) atoms. The van der Waals surface area contributed by atoms with Gasteiger partial charge in [0.05, 0.1) is 16.9 Å². The fraction of sp³-hybridized carbons (Fsp3) is 0.154. The number of rotatable bonds is 3. The van der Waals surface area contributed by atoms with Gasteiger partial charge in [0, 0.05) is 58.4 Å². The van der Waals surface area contributed by atoms with Crippen LogP contribution in [0.5, 0.6) is 0 Å². The number of carbonyl (C=O) groups is 2. The molecule has 0 fully saturated rings. The zero-order valence-corrected chi connectivity index (χ0v) is 17.4. The smallest absolute Gasteiger partial charge is 0.269 e. The summed E-state index contributed by atoms with van der Waals surface area (Å²) >= 11 is 0. The first-order valence-electron chi connectivity index (χ1n) is 10.7. The van der Waals surface area contributed by atoms with Crippen LogP contribution in [0.15, 0.2) is 88.2 Å². The molecule has 1 aromatic heterocycles. The summed E-state index contributed by atoms with van der Waals surface area (Å²) in [5.74, 6) is -0.0909. The van der Waals surface area contributed by atoms with Gasteiger partial charge < -0.3 is 9.73 Å². The Morgan fingerprint density at radius 3 is 2.36 bits per heavy atom. The van der Waals surface area contributed by atoms with Crippen LogP contribution in [-0.4, -0.2) is 16.5 Å². The second-order valence-corrected chi connectivity index (χ2v) is 8.51. The summed E-state index contributed by atoms with van der Waals surface area (Å²) in [6.45, 7) is 0. The SMILES string of the molecule is O=C1CC(c2ccco2)CC2=C1C(c1ccc([N+](=O)[O-])cc1)C1=C(N2)c2ccccc2C1=O. The van der Waals surface area contributed by atoms with E-state index in [0.717, 1.165) is 17.0 Å². The number of Topliss-reactive ketones (excluding diaryl/α,β-unsaturated/α-hetero) is 2. The van der Waals surface area contributed by atoms with Crippen LogP contribution in [0.3, 0.4) is 0 Å². The van der Waals surface area contributed by atoms with Gasteiger partial charge in [-0.1, -0.05) is 36.4 Å². The van der Waals surface area contributed by atoms with Gasteiger partial charge in [-0.05, 0) is 24.1 Å². The lowest BCUT2D eigenvalue weighted by atomic mass is 9.72. The van der Waals surface area contributed by atoms with Crippen LogP contribution in [0.25, 0.3) is 5.70 Å². The van der Waals surface area contributed by atoms with Crippen molar-refractivity contribution in [1.82, 2.24) is 5.32 Å². The molecule has 0 spiro atoms. The molecule has 0 bridgehead atoms. The highest BCUT2D eigenvalue weighted by atomic mass is 16.6. The maximum absolute atomic E-state index is 13.5. The van der Waals surface area contributed by atoms with Crippen molar-refractivity contribution < 1.29 is 18.9 Å². The number of non-ortho nitro benzene ring substituents is 1. The number of furan rings is 1. The zero-order valence-electron chi connectivity index (χ0n) is 17.4. The predicted molar refractivity (Wildman–Crippen MR) is 119 cm³/mol. The molecule has 0 radical (unpaired) electrons. The van der Waals surface area contributed by atoms with Gasteiger partial charge in [-0.2, -0.15) is 0 Å². The molecule has 2 heterocycles. The molecule has 7 heteroatoms. The molecule has 2 aliphatic carbocycles. The van der Waals surface area contributed by atoms with Gasteiger partial charge in [-0.25, -0.2) is 0 Å². The number of carbonyl (C=O) groups excluding carboxylic acids is 2. The average Bonchev–Trinajstić information content (AvgIpc) is 3.46. The molecule has 162 valence electrons. The van der Waals surface area contributed by atoms with Crippen molar-refractivity contribution in [2.75, 3.05) is 0 Å². The Kier molecular flexibility index (Phi) is 4.20. The van der Waals surface area contributed by atoms with E-state index in [1.54, 1.807) is 24.5 Å². The number of benzene rings is 2.